The molecule has 0 bridgehead atoms. The summed E-state index contributed by atoms with van der Waals surface area (Å²) in [4.78, 5) is 25.1. The molecule has 0 spiro atoms. The van der Waals surface area contributed by atoms with Crippen LogP contribution in [0, 0.1) is 0 Å². The average Bonchev–Trinajstić information content (AvgIpc) is 3.44. The first kappa shape index (κ1) is 20.5. The van der Waals surface area contributed by atoms with Gasteiger partial charge in [-0.25, -0.2) is 14.5 Å². The van der Waals surface area contributed by atoms with Crippen LogP contribution in [0.2, 0.25) is 0 Å². The lowest BCUT2D eigenvalue weighted by molar-refractivity contribution is 0.0904. The molecule has 0 radical (unpaired) electrons. The minimum atomic E-state index is -0.301. The molecule has 0 saturated heterocycles. The van der Waals surface area contributed by atoms with Crippen LogP contribution in [0.1, 0.15) is 42.7 Å². The van der Waals surface area contributed by atoms with E-state index in [2.05, 4.69) is 27.5 Å². The van der Waals surface area contributed by atoms with E-state index < -0.39 is 0 Å². The minimum Gasteiger partial charge on any atom is -0.292 e. The van der Waals surface area contributed by atoms with Crippen LogP contribution in [0.15, 0.2) is 59.5 Å². The van der Waals surface area contributed by atoms with Gasteiger partial charge >= 0.3 is 5.69 Å². The first-order valence-electron chi connectivity index (χ1n) is 10.4. The van der Waals surface area contributed by atoms with Crippen LogP contribution in [0.4, 0.5) is 0 Å². The van der Waals surface area contributed by atoms with E-state index in [1.807, 2.05) is 48.5 Å². The van der Waals surface area contributed by atoms with Crippen molar-refractivity contribution in [2.45, 2.75) is 39.7 Å². The lowest BCUT2D eigenvalue weighted by Gasteiger charge is -2.12. The molecule has 0 unspecified atom stereocenters. The Hall–Kier alpha value is -3.81. The Morgan fingerprint density at radius 1 is 1.06 bits per heavy atom. The van der Waals surface area contributed by atoms with E-state index in [1.54, 1.807) is 17.7 Å². The first-order valence-corrected chi connectivity index (χ1v) is 10.4. The van der Waals surface area contributed by atoms with Crippen LogP contribution < -0.4 is 5.69 Å². The fourth-order valence-electron chi connectivity index (χ4n) is 3.71. The molecule has 8 heteroatoms. The van der Waals surface area contributed by atoms with Gasteiger partial charge in [-0.15, -0.1) is 5.10 Å². The molecular weight excluding hydrogens is 392 g/mol. The zero-order valence-corrected chi connectivity index (χ0v) is 17.6. The molecule has 0 amide bonds. The summed E-state index contributed by atoms with van der Waals surface area (Å²) >= 11 is 0. The summed E-state index contributed by atoms with van der Waals surface area (Å²) in [6, 6.07) is 16.0. The zero-order valence-electron chi connectivity index (χ0n) is 17.6. The Balaban J connectivity index is 1.78. The highest BCUT2D eigenvalue weighted by Crippen LogP contribution is 2.31. The summed E-state index contributed by atoms with van der Waals surface area (Å²) < 4.78 is 2.90. The highest BCUT2D eigenvalue weighted by Gasteiger charge is 2.17. The molecule has 158 valence electrons. The number of imidazole rings is 1. The summed E-state index contributed by atoms with van der Waals surface area (Å²) in [6.45, 7) is 4.17. The number of carbonyl (C=O) groups is 1. The minimum absolute atomic E-state index is 0.200. The number of aromatic amines is 1. The van der Waals surface area contributed by atoms with Gasteiger partial charge < -0.3 is 0 Å². The standard InChI is InChI=1S/C23H24N6O2/c1-3-8-18-15-29(21(30)4-2)23(31)28(18)14-16-11-12-19(17-9-6-5-7-10-17)20(13-16)22-24-26-27-25-22/h5-7,9-13,15H,3-4,8,14H2,1-2H3,(H,24,25,26,27). The van der Waals surface area contributed by atoms with Gasteiger partial charge in [0.05, 0.1) is 6.54 Å². The summed E-state index contributed by atoms with van der Waals surface area (Å²) in [5.74, 6) is 0.356. The Morgan fingerprint density at radius 2 is 1.87 bits per heavy atom. The van der Waals surface area contributed by atoms with E-state index in [4.69, 9.17) is 0 Å². The van der Waals surface area contributed by atoms with Crippen LogP contribution >= 0.6 is 0 Å². The molecule has 0 aliphatic carbocycles. The molecule has 2 aromatic heterocycles. The van der Waals surface area contributed by atoms with E-state index in [9.17, 15) is 9.59 Å². The molecule has 31 heavy (non-hydrogen) atoms. The Morgan fingerprint density at radius 3 is 2.55 bits per heavy atom. The number of aromatic nitrogens is 6. The smallest absolute Gasteiger partial charge is 0.292 e. The maximum Gasteiger partial charge on any atom is 0.335 e. The molecule has 1 N–H and O–H groups in total. The third kappa shape index (κ3) is 4.09. The molecule has 0 aliphatic rings. The van der Waals surface area contributed by atoms with E-state index in [1.165, 1.54) is 4.57 Å². The lowest BCUT2D eigenvalue weighted by atomic mass is 9.97. The molecule has 4 rings (SSSR count). The summed E-state index contributed by atoms with van der Waals surface area (Å²) in [5.41, 5.74) is 4.36. The topological polar surface area (TPSA) is 98.5 Å². The van der Waals surface area contributed by atoms with E-state index in [0.29, 0.717) is 12.4 Å². The van der Waals surface area contributed by atoms with Crippen molar-refractivity contribution in [2.75, 3.05) is 0 Å². The van der Waals surface area contributed by atoms with Crippen molar-refractivity contribution in [1.29, 1.82) is 0 Å². The molecule has 0 saturated carbocycles. The van der Waals surface area contributed by atoms with Crippen molar-refractivity contribution in [3.63, 3.8) is 0 Å². The van der Waals surface area contributed by atoms with Gasteiger partial charge in [0.1, 0.15) is 0 Å². The summed E-state index contributed by atoms with van der Waals surface area (Å²) in [7, 11) is 0. The lowest BCUT2D eigenvalue weighted by Crippen LogP contribution is -2.29. The second-order valence-corrected chi connectivity index (χ2v) is 7.35. The van der Waals surface area contributed by atoms with Gasteiger partial charge in [0.25, 0.3) is 0 Å². The van der Waals surface area contributed by atoms with Crippen molar-refractivity contribution in [3.05, 3.63) is 76.5 Å². The number of hydrogen-bond acceptors (Lipinski definition) is 5. The summed E-state index contributed by atoms with van der Waals surface area (Å²) in [6.07, 6.45) is 3.56. The molecule has 4 aromatic rings. The monoisotopic (exact) mass is 416 g/mol. The number of rotatable bonds is 7. The maximum absolute atomic E-state index is 12.9. The predicted molar refractivity (Wildman–Crippen MR) is 118 cm³/mol. The SMILES string of the molecule is CCCc1cn(C(=O)CC)c(=O)n1Cc1ccc(-c2ccccc2)c(-c2nnn[nH]2)c1. The van der Waals surface area contributed by atoms with Crippen molar-refractivity contribution in [1.82, 2.24) is 29.8 Å². The predicted octanol–water partition coefficient (Wildman–Crippen LogP) is 3.55. The largest absolute Gasteiger partial charge is 0.335 e. The Labute approximate surface area is 179 Å². The highest BCUT2D eigenvalue weighted by molar-refractivity contribution is 5.81. The number of tetrazole rings is 1. The van der Waals surface area contributed by atoms with E-state index in [-0.39, 0.29) is 18.0 Å². The van der Waals surface area contributed by atoms with Gasteiger partial charge in [-0.05, 0) is 39.6 Å². The van der Waals surface area contributed by atoms with Gasteiger partial charge in [-0.2, -0.15) is 0 Å². The number of carbonyl (C=O) groups excluding carboxylic acids is 1. The number of nitrogens with one attached hydrogen (secondary N) is 1. The molecule has 2 aromatic carbocycles. The van der Waals surface area contributed by atoms with Crippen LogP contribution in [-0.4, -0.2) is 35.7 Å². The third-order valence-electron chi connectivity index (χ3n) is 5.25. The van der Waals surface area contributed by atoms with Crippen molar-refractivity contribution in [2.24, 2.45) is 0 Å². The first-order chi connectivity index (χ1) is 15.1. The number of aryl methyl sites for hydroxylation is 1. The number of benzene rings is 2. The second-order valence-electron chi connectivity index (χ2n) is 7.35. The Bertz CT molecular complexity index is 1240. The van der Waals surface area contributed by atoms with Gasteiger partial charge in [-0.1, -0.05) is 62.7 Å². The van der Waals surface area contributed by atoms with Crippen LogP contribution in [0.5, 0.6) is 0 Å². The Kier molecular flexibility index (Phi) is 5.88. The molecule has 0 fully saturated rings. The normalized spacial score (nSPS) is 11.0. The van der Waals surface area contributed by atoms with Gasteiger partial charge in [-0.3, -0.25) is 9.36 Å². The number of nitrogens with zero attached hydrogens (tertiary/aromatic N) is 5. The van der Waals surface area contributed by atoms with Gasteiger partial charge in [0.15, 0.2) is 5.82 Å². The van der Waals surface area contributed by atoms with Gasteiger partial charge in [0.2, 0.25) is 5.91 Å². The fourth-order valence-corrected chi connectivity index (χ4v) is 3.71. The molecular formula is C23H24N6O2. The van der Waals surface area contributed by atoms with E-state index in [0.717, 1.165) is 40.8 Å². The maximum atomic E-state index is 12.9. The molecule has 8 nitrogen and oxygen atoms in total. The van der Waals surface area contributed by atoms with Crippen molar-refractivity contribution < 1.29 is 4.79 Å². The van der Waals surface area contributed by atoms with Gasteiger partial charge in [0, 0.05) is 23.9 Å². The second kappa shape index (κ2) is 8.91. The number of hydrogen-bond donors (Lipinski definition) is 1. The third-order valence-corrected chi connectivity index (χ3v) is 5.25. The van der Waals surface area contributed by atoms with Crippen LogP contribution in [-0.2, 0) is 13.0 Å². The van der Waals surface area contributed by atoms with E-state index >= 15 is 0 Å². The molecule has 0 aliphatic heterocycles. The zero-order chi connectivity index (χ0) is 21.8. The molecule has 2 heterocycles. The van der Waals surface area contributed by atoms with Crippen LogP contribution in [0.25, 0.3) is 22.5 Å². The quantitative estimate of drug-likeness (QED) is 0.497. The molecule has 0 atom stereocenters. The van der Waals surface area contributed by atoms with Crippen LogP contribution in [0.3, 0.4) is 0 Å². The average molecular weight is 416 g/mol. The van der Waals surface area contributed by atoms with Crippen molar-refractivity contribution in [3.8, 4) is 22.5 Å². The fraction of sp³-hybridized carbons (Fsp3) is 0.261. The number of H-pyrrole nitrogens is 1. The van der Waals surface area contributed by atoms with Crippen molar-refractivity contribution >= 4 is 5.91 Å². The summed E-state index contributed by atoms with van der Waals surface area (Å²) in [5, 5.41) is 14.4. The highest BCUT2D eigenvalue weighted by atomic mass is 16.2.